The van der Waals surface area contributed by atoms with Crippen molar-refractivity contribution in [3.05, 3.63) is 76.3 Å². The summed E-state index contributed by atoms with van der Waals surface area (Å²) in [5, 5.41) is 11.1. The van der Waals surface area contributed by atoms with Crippen molar-refractivity contribution in [2.24, 2.45) is 0 Å². The van der Waals surface area contributed by atoms with Crippen molar-refractivity contribution in [3.8, 4) is 0 Å². The van der Waals surface area contributed by atoms with Crippen molar-refractivity contribution in [2.45, 2.75) is 46.0 Å². The highest BCUT2D eigenvalue weighted by Gasteiger charge is 2.41. The van der Waals surface area contributed by atoms with Gasteiger partial charge >= 0.3 is 5.97 Å². The monoisotopic (exact) mass is 415 g/mol. The molecule has 2 amide bonds. The Bertz CT molecular complexity index is 1130. The van der Waals surface area contributed by atoms with Gasteiger partial charge in [-0.15, -0.1) is 0 Å². The second-order valence-electron chi connectivity index (χ2n) is 7.94. The maximum absolute atomic E-state index is 13.6. The summed E-state index contributed by atoms with van der Waals surface area (Å²) in [7, 11) is 0. The van der Waals surface area contributed by atoms with Crippen LogP contribution in [0.25, 0.3) is 10.8 Å². The van der Waals surface area contributed by atoms with Crippen LogP contribution in [0.15, 0.2) is 48.5 Å². The largest absolute Gasteiger partial charge is 0.481 e. The number of carbonyl (C=O) groups is 3. The molecule has 1 N–H and O–H groups in total. The molecule has 0 unspecified atom stereocenters. The highest BCUT2D eigenvalue weighted by Crippen LogP contribution is 2.39. The lowest BCUT2D eigenvalue weighted by molar-refractivity contribution is -0.136. The number of carboxylic acid groups (broad SMARTS) is 1. The number of aliphatic carboxylic acids is 1. The number of aryl methyl sites for hydroxylation is 2. The molecule has 31 heavy (non-hydrogen) atoms. The summed E-state index contributed by atoms with van der Waals surface area (Å²) in [5.74, 6) is -1.51. The summed E-state index contributed by atoms with van der Waals surface area (Å²) >= 11 is 0. The van der Waals surface area contributed by atoms with E-state index in [-0.39, 0.29) is 18.2 Å². The summed E-state index contributed by atoms with van der Waals surface area (Å²) in [6, 6.07) is 14.7. The van der Waals surface area contributed by atoms with Crippen molar-refractivity contribution in [1.29, 1.82) is 0 Å². The fourth-order valence-electron chi connectivity index (χ4n) is 4.56. The lowest BCUT2D eigenvalue weighted by Gasteiger charge is -2.15. The Balaban J connectivity index is 1.90. The fourth-order valence-corrected chi connectivity index (χ4v) is 4.56. The quantitative estimate of drug-likeness (QED) is 0.540. The van der Waals surface area contributed by atoms with Crippen LogP contribution in [0.5, 0.6) is 0 Å². The van der Waals surface area contributed by atoms with Gasteiger partial charge in [0.1, 0.15) is 0 Å². The number of nitrogens with zero attached hydrogens (tertiary/aromatic N) is 1. The minimum atomic E-state index is -0.923. The average molecular weight is 415 g/mol. The molecule has 3 aromatic carbocycles. The van der Waals surface area contributed by atoms with E-state index in [9.17, 15) is 14.4 Å². The Kier molecular flexibility index (Phi) is 5.59. The normalized spacial score (nSPS) is 13.2. The third-order valence-corrected chi connectivity index (χ3v) is 5.81. The molecule has 4 rings (SSSR count). The molecule has 0 bridgehead atoms. The minimum absolute atomic E-state index is 0.102. The third-order valence-electron chi connectivity index (χ3n) is 5.81. The van der Waals surface area contributed by atoms with Crippen LogP contribution < -0.4 is 4.90 Å². The molecule has 0 radical (unpaired) electrons. The lowest BCUT2D eigenvalue weighted by Crippen LogP contribution is -2.29. The number of imide groups is 1. The predicted octanol–water partition coefficient (Wildman–Crippen LogP) is 5.17. The zero-order valence-electron chi connectivity index (χ0n) is 17.8. The summed E-state index contributed by atoms with van der Waals surface area (Å²) in [4.78, 5) is 39.4. The van der Waals surface area contributed by atoms with Gasteiger partial charge in [0.25, 0.3) is 11.8 Å². The van der Waals surface area contributed by atoms with E-state index in [0.29, 0.717) is 22.4 Å². The van der Waals surface area contributed by atoms with Crippen LogP contribution in [0.1, 0.15) is 64.1 Å². The molecule has 1 heterocycles. The van der Waals surface area contributed by atoms with Gasteiger partial charge in [0.05, 0.1) is 23.2 Å². The van der Waals surface area contributed by atoms with Gasteiger partial charge in [-0.05, 0) is 52.4 Å². The van der Waals surface area contributed by atoms with E-state index in [1.807, 2.05) is 24.3 Å². The van der Waals surface area contributed by atoms with Gasteiger partial charge in [-0.2, -0.15) is 0 Å². The number of rotatable bonds is 7. The number of hydrogen-bond acceptors (Lipinski definition) is 3. The molecule has 0 aromatic heterocycles. The maximum Gasteiger partial charge on any atom is 0.307 e. The van der Waals surface area contributed by atoms with Gasteiger partial charge in [-0.25, -0.2) is 4.90 Å². The molecular formula is C26H25NO4. The Labute approximate surface area is 181 Å². The fraction of sp³-hybridized carbons (Fsp3) is 0.269. The number of benzene rings is 3. The first-order valence-corrected chi connectivity index (χ1v) is 10.7. The number of anilines is 1. The third kappa shape index (κ3) is 3.50. The number of amides is 2. The van der Waals surface area contributed by atoms with Gasteiger partial charge in [0.15, 0.2) is 0 Å². The zero-order valence-corrected chi connectivity index (χ0v) is 17.8. The maximum atomic E-state index is 13.6. The Morgan fingerprint density at radius 2 is 1.29 bits per heavy atom. The molecule has 0 saturated heterocycles. The smallest absolute Gasteiger partial charge is 0.307 e. The van der Waals surface area contributed by atoms with Crippen LogP contribution in [0.4, 0.5) is 5.69 Å². The Hall–Kier alpha value is -3.47. The Morgan fingerprint density at radius 3 is 1.71 bits per heavy atom. The molecule has 0 spiro atoms. The molecule has 5 nitrogen and oxygen atoms in total. The van der Waals surface area contributed by atoms with Crippen molar-refractivity contribution in [1.82, 2.24) is 0 Å². The first-order chi connectivity index (χ1) is 15.0. The van der Waals surface area contributed by atoms with Gasteiger partial charge < -0.3 is 5.11 Å². The number of hydrogen-bond donors (Lipinski definition) is 1. The van der Waals surface area contributed by atoms with Crippen LogP contribution >= 0.6 is 0 Å². The number of carboxylic acids is 1. The highest BCUT2D eigenvalue weighted by molar-refractivity contribution is 6.36. The van der Waals surface area contributed by atoms with Gasteiger partial charge in [-0.3, -0.25) is 14.4 Å². The van der Waals surface area contributed by atoms with Crippen molar-refractivity contribution >= 4 is 34.2 Å². The molecule has 0 aliphatic carbocycles. The molecule has 5 heteroatoms. The van der Waals surface area contributed by atoms with Crippen molar-refractivity contribution in [3.63, 3.8) is 0 Å². The summed E-state index contributed by atoms with van der Waals surface area (Å²) in [6.45, 7) is 4.14. The number of carbonyl (C=O) groups excluding carboxylic acids is 2. The molecule has 1 aliphatic rings. The molecule has 0 saturated carbocycles. The van der Waals surface area contributed by atoms with E-state index < -0.39 is 5.97 Å². The predicted molar refractivity (Wildman–Crippen MR) is 121 cm³/mol. The first kappa shape index (κ1) is 20.8. The van der Waals surface area contributed by atoms with E-state index >= 15 is 0 Å². The van der Waals surface area contributed by atoms with Gasteiger partial charge in [0, 0.05) is 0 Å². The summed E-state index contributed by atoms with van der Waals surface area (Å²) < 4.78 is 0. The summed E-state index contributed by atoms with van der Waals surface area (Å²) in [6.07, 6.45) is 3.08. The van der Waals surface area contributed by atoms with Gasteiger partial charge in [-0.1, -0.05) is 63.1 Å². The molecule has 0 atom stereocenters. The van der Waals surface area contributed by atoms with Crippen LogP contribution in [-0.2, 0) is 24.1 Å². The topological polar surface area (TPSA) is 74.7 Å². The second-order valence-corrected chi connectivity index (χ2v) is 7.94. The van der Waals surface area contributed by atoms with E-state index in [1.165, 1.54) is 4.90 Å². The van der Waals surface area contributed by atoms with Crippen LogP contribution in [0, 0.1) is 0 Å². The molecule has 0 fully saturated rings. The van der Waals surface area contributed by atoms with Crippen LogP contribution in [0.2, 0.25) is 0 Å². The van der Waals surface area contributed by atoms with Gasteiger partial charge in [0.2, 0.25) is 0 Å². The number of fused-ring (bicyclic) bond motifs is 2. The van der Waals surface area contributed by atoms with E-state index in [1.54, 1.807) is 24.3 Å². The highest BCUT2D eigenvalue weighted by atomic mass is 16.4. The van der Waals surface area contributed by atoms with E-state index in [0.717, 1.165) is 47.6 Å². The molecule has 3 aromatic rings. The van der Waals surface area contributed by atoms with Crippen LogP contribution in [-0.4, -0.2) is 22.9 Å². The SMILES string of the molecule is CCCc1c2c(c(CCC)c3ccccc13)C(=O)N(c1ccc(CC(=O)O)cc1)C2=O. The second kappa shape index (κ2) is 8.34. The van der Waals surface area contributed by atoms with E-state index in [2.05, 4.69) is 13.8 Å². The molecule has 158 valence electrons. The molecular weight excluding hydrogens is 390 g/mol. The van der Waals surface area contributed by atoms with Crippen LogP contribution in [0.3, 0.4) is 0 Å². The minimum Gasteiger partial charge on any atom is -0.481 e. The van der Waals surface area contributed by atoms with Crippen molar-refractivity contribution in [2.75, 3.05) is 4.90 Å². The lowest BCUT2D eigenvalue weighted by atomic mass is 9.86. The zero-order chi connectivity index (χ0) is 22.1. The van der Waals surface area contributed by atoms with Crippen molar-refractivity contribution < 1.29 is 19.5 Å². The average Bonchev–Trinajstić information content (AvgIpc) is 3.01. The van der Waals surface area contributed by atoms with E-state index in [4.69, 9.17) is 5.11 Å². The standard InChI is InChI=1S/C26H25NO4/c1-3-7-20-18-9-5-6-10-19(18)21(8-4-2)24-23(20)25(30)27(26(24)31)17-13-11-16(12-14-17)15-22(28)29/h5-6,9-14H,3-4,7-8,15H2,1-2H3,(H,28,29). The Morgan fingerprint density at radius 1 is 0.806 bits per heavy atom. The summed E-state index contributed by atoms with van der Waals surface area (Å²) in [5.41, 5.74) is 4.03. The molecule has 1 aliphatic heterocycles. The first-order valence-electron chi connectivity index (χ1n) is 10.7.